The zero-order chi connectivity index (χ0) is 13.6. The Morgan fingerprint density at radius 1 is 1.44 bits per heavy atom. The maximum atomic E-state index is 6.69. The van der Waals surface area contributed by atoms with Crippen molar-refractivity contribution in [1.29, 1.82) is 0 Å². The van der Waals surface area contributed by atoms with E-state index in [4.69, 9.17) is 5.73 Å². The van der Waals surface area contributed by atoms with Crippen LogP contribution in [0.3, 0.4) is 0 Å². The lowest BCUT2D eigenvalue weighted by atomic mass is 9.63. The van der Waals surface area contributed by atoms with Gasteiger partial charge in [0.1, 0.15) is 0 Å². The summed E-state index contributed by atoms with van der Waals surface area (Å²) in [6, 6.07) is 2.17. The molecule has 0 amide bonds. The third-order valence-corrected chi connectivity index (χ3v) is 4.12. The lowest BCUT2D eigenvalue weighted by Gasteiger charge is -2.45. The molecule has 2 atom stereocenters. The summed E-state index contributed by atoms with van der Waals surface area (Å²) in [4.78, 5) is 0. The summed E-state index contributed by atoms with van der Waals surface area (Å²) in [6.45, 7) is 9.06. The summed E-state index contributed by atoms with van der Waals surface area (Å²) < 4.78 is 1.98. The van der Waals surface area contributed by atoms with Crippen LogP contribution in [0.5, 0.6) is 0 Å². The van der Waals surface area contributed by atoms with E-state index in [0.29, 0.717) is 11.3 Å². The van der Waals surface area contributed by atoms with Gasteiger partial charge < -0.3 is 5.73 Å². The Morgan fingerprint density at radius 2 is 2.11 bits per heavy atom. The van der Waals surface area contributed by atoms with Crippen LogP contribution >= 0.6 is 0 Å². The van der Waals surface area contributed by atoms with Crippen molar-refractivity contribution in [2.45, 2.75) is 58.9 Å². The molecule has 1 aromatic heterocycles. The highest BCUT2D eigenvalue weighted by Crippen LogP contribution is 2.43. The summed E-state index contributed by atoms with van der Waals surface area (Å²) >= 11 is 0. The molecule has 1 saturated carbocycles. The Balaban J connectivity index is 2.18. The Labute approximate surface area is 111 Å². The monoisotopic (exact) mass is 249 g/mol. The summed E-state index contributed by atoms with van der Waals surface area (Å²) in [6.07, 6.45) is 4.46. The summed E-state index contributed by atoms with van der Waals surface area (Å²) in [5.74, 6) is 0.716. The van der Waals surface area contributed by atoms with E-state index in [9.17, 15) is 0 Å². The molecule has 2 rings (SSSR count). The molecule has 1 fully saturated rings. The molecule has 3 heteroatoms. The minimum Gasteiger partial charge on any atom is -0.325 e. The molecule has 3 nitrogen and oxygen atoms in total. The minimum atomic E-state index is -0.0681. The number of aromatic nitrogens is 2. The standard InChI is InChI=1S/C15H27N3/c1-11-7-14(3,4)10-15(16,8-11)9-13-6-12(2)17-18(13)5/h6,11H,7-10,16H2,1-5H3. The fourth-order valence-electron chi connectivity index (χ4n) is 4.13. The fraction of sp³-hybridized carbons (Fsp3) is 0.800. The topological polar surface area (TPSA) is 43.8 Å². The van der Waals surface area contributed by atoms with E-state index in [1.54, 1.807) is 0 Å². The quantitative estimate of drug-likeness (QED) is 0.876. The van der Waals surface area contributed by atoms with Gasteiger partial charge in [0.05, 0.1) is 5.69 Å². The van der Waals surface area contributed by atoms with Crippen molar-refractivity contribution in [3.63, 3.8) is 0 Å². The highest BCUT2D eigenvalue weighted by atomic mass is 15.3. The molecule has 0 bridgehead atoms. The van der Waals surface area contributed by atoms with Gasteiger partial charge in [0, 0.05) is 24.7 Å². The molecule has 1 aromatic rings. The van der Waals surface area contributed by atoms with Crippen molar-refractivity contribution in [3.8, 4) is 0 Å². The van der Waals surface area contributed by atoms with Gasteiger partial charge in [-0.2, -0.15) is 5.10 Å². The van der Waals surface area contributed by atoms with Crippen LogP contribution in [0.15, 0.2) is 6.07 Å². The molecule has 18 heavy (non-hydrogen) atoms. The first-order valence-electron chi connectivity index (χ1n) is 6.98. The summed E-state index contributed by atoms with van der Waals surface area (Å²) in [5, 5.41) is 4.42. The first-order valence-corrected chi connectivity index (χ1v) is 6.98. The van der Waals surface area contributed by atoms with Crippen LogP contribution in [0.2, 0.25) is 0 Å². The van der Waals surface area contributed by atoms with E-state index in [0.717, 1.165) is 25.0 Å². The number of nitrogens with two attached hydrogens (primary N) is 1. The Morgan fingerprint density at radius 3 is 2.61 bits per heavy atom. The molecule has 0 spiro atoms. The summed E-state index contributed by atoms with van der Waals surface area (Å²) in [5.41, 5.74) is 9.33. The molecule has 1 aliphatic rings. The van der Waals surface area contributed by atoms with Gasteiger partial charge in [-0.3, -0.25) is 4.68 Å². The first kappa shape index (κ1) is 13.6. The van der Waals surface area contributed by atoms with Gasteiger partial charge in [-0.05, 0) is 43.6 Å². The lowest BCUT2D eigenvalue weighted by Crippen LogP contribution is -2.51. The van der Waals surface area contributed by atoms with Gasteiger partial charge in [-0.15, -0.1) is 0 Å². The van der Waals surface area contributed by atoms with Crippen LogP contribution in [0.25, 0.3) is 0 Å². The molecule has 0 saturated heterocycles. The predicted molar refractivity (Wildman–Crippen MR) is 75.4 cm³/mol. The molecule has 2 unspecified atom stereocenters. The zero-order valence-corrected chi connectivity index (χ0v) is 12.5. The van der Waals surface area contributed by atoms with Crippen LogP contribution in [0.4, 0.5) is 0 Å². The molecule has 0 aromatic carbocycles. The maximum absolute atomic E-state index is 6.69. The minimum absolute atomic E-state index is 0.0681. The van der Waals surface area contributed by atoms with Gasteiger partial charge in [0.2, 0.25) is 0 Å². The largest absolute Gasteiger partial charge is 0.325 e. The van der Waals surface area contributed by atoms with Gasteiger partial charge in [0.25, 0.3) is 0 Å². The van der Waals surface area contributed by atoms with Crippen molar-refractivity contribution >= 4 is 0 Å². The van der Waals surface area contributed by atoms with Crippen LogP contribution in [0, 0.1) is 18.3 Å². The second-order valence-corrected chi connectivity index (χ2v) is 7.29. The molecule has 0 aliphatic heterocycles. The smallest absolute Gasteiger partial charge is 0.0596 e. The normalized spacial score (nSPS) is 31.6. The van der Waals surface area contributed by atoms with E-state index < -0.39 is 0 Å². The Kier molecular flexibility index (Phi) is 3.30. The SMILES string of the molecule is Cc1cc(CC2(N)CC(C)CC(C)(C)C2)n(C)n1. The van der Waals surface area contributed by atoms with Crippen LogP contribution in [-0.2, 0) is 13.5 Å². The number of aryl methyl sites for hydroxylation is 2. The lowest BCUT2D eigenvalue weighted by molar-refractivity contribution is 0.107. The average molecular weight is 249 g/mol. The van der Waals surface area contributed by atoms with Crippen molar-refractivity contribution in [2.75, 3.05) is 0 Å². The Hall–Kier alpha value is -0.830. The molecule has 1 heterocycles. The summed E-state index contributed by atoms with van der Waals surface area (Å²) in [7, 11) is 2.02. The van der Waals surface area contributed by atoms with E-state index in [2.05, 4.69) is 31.9 Å². The highest BCUT2D eigenvalue weighted by Gasteiger charge is 2.40. The number of hydrogen-bond acceptors (Lipinski definition) is 2. The molecule has 1 aliphatic carbocycles. The zero-order valence-electron chi connectivity index (χ0n) is 12.5. The molecule has 0 radical (unpaired) electrons. The molecule has 2 N–H and O–H groups in total. The molecular formula is C15H27N3. The fourth-order valence-corrected chi connectivity index (χ4v) is 4.13. The van der Waals surface area contributed by atoms with Gasteiger partial charge >= 0.3 is 0 Å². The third-order valence-electron chi connectivity index (χ3n) is 4.12. The Bertz CT molecular complexity index is 433. The number of rotatable bonds is 2. The maximum Gasteiger partial charge on any atom is 0.0596 e. The van der Waals surface area contributed by atoms with E-state index in [1.807, 2.05) is 18.7 Å². The van der Waals surface area contributed by atoms with E-state index >= 15 is 0 Å². The van der Waals surface area contributed by atoms with Crippen LogP contribution in [0.1, 0.15) is 51.4 Å². The third kappa shape index (κ3) is 2.94. The number of hydrogen-bond donors (Lipinski definition) is 1. The molecular weight excluding hydrogens is 222 g/mol. The average Bonchev–Trinajstić information content (AvgIpc) is 2.38. The second kappa shape index (κ2) is 4.37. The van der Waals surface area contributed by atoms with Crippen molar-refractivity contribution < 1.29 is 0 Å². The van der Waals surface area contributed by atoms with Gasteiger partial charge in [-0.1, -0.05) is 20.8 Å². The van der Waals surface area contributed by atoms with Crippen LogP contribution in [-0.4, -0.2) is 15.3 Å². The van der Waals surface area contributed by atoms with Crippen molar-refractivity contribution in [2.24, 2.45) is 24.1 Å². The second-order valence-electron chi connectivity index (χ2n) is 7.29. The molecule has 102 valence electrons. The highest BCUT2D eigenvalue weighted by molar-refractivity contribution is 5.14. The van der Waals surface area contributed by atoms with Crippen molar-refractivity contribution in [1.82, 2.24) is 9.78 Å². The van der Waals surface area contributed by atoms with Gasteiger partial charge in [-0.25, -0.2) is 0 Å². The first-order chi connectivity index (χ1) is 8.19. The van der Waals surface area contributed by atoms with Crippen LogP contribution < -0.4 is 5.73 Å². The van der Waals surface area contributed by atoms with E-state index in [1.165, 1.54) is 12.1 Å². The predicted octanol–water partition coefficient (Wildman–Crippen LogP) is 2.81. The van der Waals surface area contributed by atoms with Gasteiger partial charge in [0.15, 0.2) is 0 Å². The van der Waals surface area contributed by atoms with Crippen molar-refractivity contribution in [3.05, 3.63) is 17.5 Å². The number of nitrogens with zero attached hydrogens (tertiary/aromatic N) is 2. The van der Waals surface area contributed by atoms with E-state index in [-0.39, 0.29) is 5.54 Å².